The van der Waals surface area contributed by atoms with Gasteiger partial charge < -0.3 is 24.7 Å². The third-order valence-corrected chi connectivity index (χ3v) is 9.31. The van der Waals surface area contributed by atoms with E-state index in [0.717, 1.165) is 44.9 Å². The molecular formula is C29H46NO8PS. The van der Waals surface area contributed by atoms with Gasteiger partial charge in [0.2, 0.25) is 10.0 Å². The molecule has 11 heteroatoms. The first-order chi connectivity index (χ1) is 19.0. The number of ether oxygens (including phenoxy) is 1. The van der Waals surface area contributed by atoms with Gasteiger partial charge in [0.15, 0.2) is 5.85 Å². The number of rotatable bonds is 21. The summed E-state index contributed by atoms with van der Waals surface area (Å²) in [6.07, 6.45) is 4.08. The highest BCUT2D eigenvalue weighted by atomic mass is 32.2. The van der Waals surface area contributed by atoms with Gasteiger partial charge in [-0.3, -0.25) is 4.57 Å². The summed E-state index contributed by atoms with van der Waals surface area (Å²) in [5.74, 6) is -2.45. The lowest BCUT2D eigenvalue weighted by Gasteiger charge is -2.33. The Balaban J connectivity index is 2.03. The summed E-state index contributed by atoms with van der Waals surface area (Å²) < 4.78 is 46.1. The second kappa shape index (κ2) is 18.0. The van der Waals surface area contributed by atoms with Gasteiger partial charge >= 0.3 is 7.60 Å². The number of nitrogens with one attached hydrogen (secondary N) is 1. The minimum Gasteiger partial charge on any atom is -0.389 e. The van der Waals surface area contributed by atoms with Crippen molar-refractivity contribution >= 4 is 17.6 Å². The van der Waals surface area contributed by atoms with Gasteiger partial charge in [0.05, 0.1) is 24.5 Å². The highest BCUT2D eigenvalue weighted by Gasteiger charge is 2.43. The Morgan fingerprint density at radius 1 is 0.825 bits per heavy atom. The number of sulfonamides is 1. The molecule has 40 heavy (non-hydrogen) atoms. The van der Waals surface area contributed by atoms with Crippen LogP contribution in [-0.2, 0) is 32.4 Å². The SMILES string of the molecule is CCCCCCC(NS(=O)(=O)CCCCCCc1ccccc1)C(O)C(OCc1ccccc1)C(O)P(=O)(O)O. The normalized spacial score (nSPS) is 15.4. The van der Waals surface area contributed by atoms with Crippen LogP contribution in [0.25, 0.3) is 0 Å². The largest absolute Gasteiger partial charge is 0.389 e. The van der Waals surface area contributed by atoms with Gasteiger partial charge in [-0.2, -0.15) is 0 Å². The van der Waals surface area contributed by atoms with E-state index < -0.39 is 41.7 Å². The molecule has 5 N–H and O–H groups in total. The van der Waals surface area contributed by atoms with E-state index in [-0.39, 0.29) is 18.8 Å². The molecule has 226 valence electrons. The molecule has 0 aliphatic rings. The fourth-order valence-electron chi connectivity index (χ4n) is 4.55. The van der Waals surface area contributed by atoms with Crippen LogP contribution in [0.1, 0.15) is 75.8 Å². The maximum Gasteiger partial charge on any atom is 0.356 e. The first-order valence-electron chi connectivity index (χ1n) is 14.1. The molecule has 0 amide bonds. The van der Waals surface area contributed by atoms with Crippen LogP contribution in [0.5, 0.6) is 0 Å². The van der Waals surface area contributed by atoms with E-state index >= 15 is 0 Å². The lowest BCUT2D eigenvalue weighted by Crippen LogP contribution is -2.53. The average molecular weight is 600 g/mol. The Morgan fingerprint density at radius 3 is 2.00 bits per heavy atom. The van der Waals surface area contributed by atoms with E-state index in [2.05, 4.69) is 16.9 Å². The standard InChI is InChI=1S/C29H46NO8PS/c1-2-3-4-14-21-26(30-40(36,37)22-15-6-5-9-16-24-17-10-7-11-18-24)27(31)28(29(32)39(33,34)35)38-23-25-19-12-8-13-20-25/h7-8,10-13,17-20,26-32H,2-6,9,14-16,21-23H2,1H3,(H2,33,34,35). The molecule has 0 aromatic heterocycles. The van der Waals surface area contributed by atoms with Crippen LogP contribution in [0.15, 0.2) is 60.7 Å². The Kier molecular flexibility index (Phi) is 15.6. The zero-order chi connectivity index (χ0) is 29.4. The minimum atomic E-state index is -5.07. The Bertz CT molecular complexity index is 1100. The van der Waals surface area contributed by atoms with Crippen LogP contribution in [0.4, 0.5) is 0 Å². The Labute approximate surface area is 239 Å². The Hall–Kier alpha value is -1.62. The molecule has 9 nitrogen and oxygen atoms in total. The molecule has 0 saturated carbocycles. The number of hydrogen-bond donors (Lipinski definition) is 5. The second-order valence-electron chi connectivity index (χ2n) is 10.3. The van der Waals surface area contributed by atoms with Crippen molar-refractivity contribution < 1.29 is 37.7 Å². The first-order valence-corrected chi connectivity index (χ1v) is 17.5. The first kappa shape index (κ1) is 34.6. The van der Waals surface area contributed by atoms with Gasteiger partial charge in [0.1, 0.15) is 6.10 Å². The predicted octanol–water partition coefficient (Wildman–Crippen LogP) is 4.49. The molecule has 0 spiro atoms. The molecule has 2 aromatic carbocycles. The van der Waals surface area contributed by atoms with Crippen molar-refractivity contribution in [2.24, 2.45) is 0 Å². The van der Waals surface area contributed by atoms with Gasteiger partial charge in [0, 0.05) is 0 Å². The van der Waals surface area contributed by atoms with Crippen LogP contribution in [0.3, 0.4) is 0 Å². The van der Waals surface area contributed by atoms with E-state index in [1.165, 1.54) is 5.56 Å². The number of benzene rings is 2. The minimum absolute atomic E-state index is 0.127. The van der Waals surface area contributed by atoms with E-state index in [0.29, 0.717) is 18.4 Å². The Morgan fingerprint density at radius 2 is 1.40 bits per heavy atom. The van der Waals surface area contributed by atoms with Crippen LogP contribution in [0.2, 0.25) is 0 Å². The summed E-state index contributed by atoms with van der Waals surface area (Å²) in [7, 11) is -8.88. The number of aryl methyl sites for hydroxylation is 1. The van der Waals surface area contributed by atoms with Crippen molar-refractivity contribution in [2.45, 2.75) is 102 Å². The van der Waals surface area contributed by atoms with Crippen LogP contribution in [-0.4, -0.2) is 58.3 Å². The number of aliphatic hydroxyl groups is 2. The van der Waals surface area contributed by atoms with Crippen LogP contribution < -0.4 is 4.72 Å². The lowest BCUT2D eigenvalue weighted by atomic mass is 9.99. The van der Waals surface area contributed by atoms with Crippen molar-refractivity contribution in [3.8, 4) is 0 Å². The zero-order valence-electron chi connectivity index (χ0n) is 23.3. The molecule has 0 bridgehead atoms. The predicted molar refractivity (Wildman–Crippen MR) is 157 cm³/mol. The van der Waals surface area contributed by atoms with E-state index in [1.807, 2.05) is 25.1 Å². The van der Waals surface area contributed by atoms with Gasteiger partial charge in [0.25, 0.3) is 0 Å². The molecular weight excluding hydrogens is 553 g/mol. The van der Waals surface area contributed by atoms with Gasteiger partial charge in [-0.05, 0) is 36.8 Å². The molecule has 0 aliphatic heterocycles. The zero-order valence-corrected chi connectivity index (χ0v) is 25.1. The second-order valence-corrected chi connectivity index (χ2v) is 13.9. The van der Waals surface area contributed by atoms with Crippen LogP contribution >= 0.6 is 7.60 Å². The summed E-state index contributed by atoms with van der Waals surface area (Å²) in [6, 6.07) is 17.8. The monoisotopic (exact) mass is 599 g/mol. The van der Waals surface area contributed by atoms with E-state index in [1.54, 1.807) is 30.3 Å². The topological polar surface area (TPSA) is 153 Å². The van der Waals surface area contributed by atoms with Crippen molar-refractivity contribution in [2.75, 3.05) is 5.75 Å². The molecule has 2 aromatic rings. The summed E-state index contributed by atoms with van der Waals surface area (Å²) in [5.41, 5.74) is 1.92. The van der Waals surface area contributed by atoms with Crippen molar-refractivity contribution in [3.05, 3.63) is 71.8 Å². The molecule has 0 radical (unpaired) electrons. The van der Waals surface area contributed by atoms with E-state index in [9.17, 15) is 33.0 Å². The maximum absolute atomic E-state index is 13.0. The van der Waals surface area contributed by atoms with Crippen molar-refractivity contribution in [1.29, 1.82) is 0 Å². The molecule has 0 aliphatic carbocycles. The summed E-state index contributed by atoms with van der Waals surface area (Å²) in [6.45, 7) is 1.91. The maximum atomic E-state index is 13.0. The summed E-state index contributed by atoms with van der Waals surface area (Å²) in [4.78, 5) is 19.3. The van der Waals surface area contributed by atoms with Gasteiger partial charge in [-0.1, -0.05) is 106 Å². The molecule has 4 atom stereocenters. The van der Waals surface area contributed by atoms with Crippen LogP contribution in [0, 0.1) is 0 Å². The van der Waals surface area contributed by atoms with Crippen molar-refractivity contribution in [1.82, 2.24) is 4.72 Å². The molecule has 0 heterocycles. The molecule has 0 saturated heterocycles. The number of hydrogen-bond acceptors (Lipinski definition) is 6. The van der Waals surface area contributed by atoms with Gasteiger partial charge in [-0.25, -0.2) is 13.1 Å². The smallest absolute Gasteiger partial charge is 0.356 e. The third kappa shape index (κ3) is 13.4. The lowest BCUT2D eigenvalue weighted by molar-refractivity contribution is -0.0979. The number of aliphatic hydroxyl groups excluding tert-OH is 2. The summed E-state index contributed by atoms with van der Waals surface area (Å²) in [5, 5.41) is 21.6. The highest BCUT2D eigenvalue weighted by Crippen LogP contribution is 2.43. The highest BCUT2D eigenvalue weighted by molar-refractivity contribution is 7.89. The van der Waals surface area contributed by atoms with Gasteiger partial charge in [-0.15, -0.1) is 0 Å². The molecule has 0 fully saturated rings. The average Bonchev–Trinajstić information content (AvgIpc) is 2.92. The third-order valence-electron chi connectivity index (χ3n) is 6.84. The van der Waals surface area contributed by atoms with Crippen molar-refractivity contribution in [3.63, 3.8) is 0 Å². The summed E-state index contributed by atoms with van der Waals surface area (Å²) >= 11 is 0. The fourth-order valence-corrected chi connectivity index (χ4v) is 6.61. The number of unbranched alkanes of at least 4 members (excludes halogenated alkanes) is 6. The van der Waals surface area contributed by atoms with E-state index in [4.69, 9.17) is 4.74 Å². The molecule has 4 unspecified atom stereocenters. The molecule has 2 rings (SSSR count). The quantitative estimate of drug-likeness (QED) is 0.104. The fraction of sp³-hybridized carbons (Fsp3) is 0.586.